The Kier molecular flexibility index (Phi) is 4.61. The molecule has 1 aromatic heterocycles. The van der Waals surface area contributed by atoms with Crippen LogP contribution in [0, 0.1) is 0 Å². The topological polar surface area (TPSA) is 79.6 Å². The van der Waals surface area contributed by atoms with Gasteiger partial charge in [-0.2, -0.15) is 9.69 Å². The van der Waals surface area contributed by atoms with Crippen molar-refractivity contribution in [2.45, 2.75) is 0 Å². The number of aromatic nitrogens is 2. The molecule has 4 aromatic rings. The number of nitrogens with zero attached hydrogens (tertiary/aromatic N) is 4. The molecule has 0 bridgehead atoms. The second-order valence-corrected chi connectivity index (χ2v) is 6.88. The van der Waals surface area contributed by atoms with Gasteiger partial charge in [-0.15, -0.1) is 5.10 Å². The molecule has 0 spiro atoms. The first kappa shape index (κ1) is 18.5. The molecule has 0 unspecified atom stereocenters. The van der Waals surface area contributed by atoms with Gasteiger partial charge in [0.05, 0.1) is 11.4 Å². The molecule has 5 rings (SSSR count). The van der Waals surface area contributed by atoms with Crippen LogP contribution in [0.25, 0.3) is 11.3 Å². The SMILES string of the molecule is O=C(C1=NN(c2ccccc2)c2nc(-c3ccccc3)cc(=O)n2N1)c1ccccc1. The van der Waals surface area contributed by atoms with E-state index < -0.39 is 0 Å². The van der Waals surface area contributed by atoms with Gasteiger partial charge < -0.3 is 0 Å². The smallest absolute Gasteiger partial charge is 0.274 e. The van der Waals surface area contributed by atoms with Gasteiger partial charge in [0.25, 0.3) is 11.5 Å². The third kappa shape index (κ3) is 3.49. The molecule has 0 atom stereocenters. The third-order valence-electron chi connectivity index (χ3n) is 4.83. The standard InChI is InChI=1S/C24H17N5O2/c30-21-16-20(17-10-4-1-5-11-17)25-24-28(19-14-8-3-9-15-19)26-23(27-29(21)24)22(31)18-12-6-2-7-13-18/h1-16H,(H,26,27). The first-order chi connectivity index (χ1) is 15.2. The highest BCUT2D eigenvalue weighted by molar-refractivity contribution is 6.48. The zero-order chi connectivity index (χ0) is 21.2. The van der Waals surface area contributed by atoms with Crippen molar-refractivity contribution in [1.29, 1.82) is 0 Å². The van der Waals surface area contributed by atoms with E-state index >= 15 is 0 Å². The number of para-hydroxylation sites is 1. The van der Waals surface area contributed by atoms with E-state index in [4.69, 9.17) is 0 Å². The quantitative estimate of drug-likeness (QED) is 0.521. The van der Waals surface area contributed by atoms with Gasteiger partial charge in [0.1, 0.15) is 0 Å². The van der Waals surface area contributed by atoms with Crippen LogP contribution in [0.5, 0.6) is 0 Å². The number of Topliss-reactive ketones (excluding diaryl/α,β-unsaturated/α-hetero) is 1. The summed E-state index contributed by atoms with van der Waals surface area (Å²) in [6.07, 6.45) is 0. The average Bonchev–Trinajstić information content (AvgIpc) is 2.84. The molecule has 3 aromatic carbocycles. The predicted molar refractivity (Wildman–Crippen MR) is 120 cm³/mol. The maximum atomic E-state index is 13.0. The number of hydrazone groups is 1. The van der Waals surface area contributed by atoms with Crippen molar-refractivity contribution in [1.82, 2.24) is 9.66 Å². The lowest BCUT2D eigenvalue weighted by Crippen LogP contribution is -2.44. The van der Waals surface area contributed by atoms with Gasteiger partial charge in [0, 0.05) is 17.2 Å². The molecule has 0 amide bonds. The molecule has 0 saturated carbocycles. The van der Waals surface area contributed by atoms with E-state index in [-0.39, 0.29) is 23.1 Å². The first-order valence-corrected chi connectivity index (χ1v) is 9.71. The minimum atomic E-state index is -0.349. The van der Waals surface area contributed by atoms with Crippen molar-refractivity contribution in [2.75, 3.05) is 10.4 Å². The number of carbonyl (C=O) groups is 1. The number of fused-ring (bicyclic) bond motifs is 1. The summed E-state index contributed by atoms with van der Waals surface area (Å²) >= 11 is 0. The maximum Gasteiger partial charge on any atom is 0.274 e. The fourth-order valence-corrected chi connectivity index (χ4v) is 3.31. The number of ketones is 1. The molecule has 2 heterocycles. The molecule has 7 heteroatoms. The Morgan fingerprint density at radius 2 is 1.42 bits per heavy atom. The number of nitrogens with one attached hydrogen (secondary N) is 1. The molecule has 150 valence electrons. The van der Waals surface area contributed by atoms with Crippen molar-refractivity contribution < 1.29 is 4.79 Å². The number of amidine groups is 1. The van der Waals surface area contributed by atoms with E-state index in [2.05, 4.69) is 15.5 Å². The fraction of sp³-hybridized carbons (Fsp3) is 0. The number of benzene rings is 3. The number of carbonyl (C=O) groups excluding carboxylic acids is 1. The first-order valence-electron chi connectivity index (χ1n) is 9.71. The minimum absolute atomic E-state index is 0.0268. The van der Waals surface area contributed by atoms with Crippen molar-refractivity contribution >= 4 is 23.3 Å². The Morgan fingerprint density at radius 3 is 2.10 bits per heavy atom. The van der Waals surface area contributed by atoms with E-state index in [0.29, 0.717) is 16.9 Å². The molecular formula is C24H17N5O2. The normalized spacial score (nSPS) is 12.5. The van der Waals surface area contributed by atoms with Crippen molar-refractivity contribution in [3.05, 3.63) is 113 Å². The monoisotopic (exact) mass is 407 g/mol. The van der Waals surface area contributed by atoms with Gasteiger partial charge in [-0.3, -0.25) is 15.0 Å². The Morgan fingerprint density at radius 1 is 0.806 bits per heavy atom. The number of hydrogen-bond acceptors (Lipinski definition) is 6. The molecule has 31 heavy (non-hydrogen) atoms. The van der Waals surface area contributed by atoms with Crippen LogP contribution in [-0.2, 0) is 0 Å². The maximum absolute atomic E-state index is 13.0. The molecule has 0 radical (unpaired) electrons. The van der Waals surface area contributed by atoms with E-state index in [0.717, 1.165) is 5.56 Å². The second kappa shape index (κ2) is 7.72. The lowest BCUT2D eigenvalue weighted by Gasteiger charge is -2.28. The lowest BCUT2D eigenvalue weighted by molar-refractivity contribution is 0.106. The van der Waals surface area contributed by atoms with Gasteiger partial charge in [0.15, 0.2) is 0 Å². The Labute approximate surface area is 177 Å². The summed E-state index contributed by atoms with van der Waals surface area (Å²) < 4.78 is 1.24. The zero-order valence-corrected chi connectivity index (χ0v) is 16.3. The summed E-state index contributed by atoms with van der Waals surface area (Å²) in [5, 5.41) is 6.01. The highest BCUT2D eigenvalue weighted by Crippen LogP contribution is 2.27. The third-order valence-corrected chi connectivity index (χ3v) is 4.83. The van der Waals surface area contributed by atoms with Gasteiger partial charge in [-0.1, -0.05) is 78.9 Å². The summed E-state index contributed by atoms with van der Waals surface area (Å²) in [5.41, 5.74) is 4.96. The lowest BCUT2D eigenvalue weighted by atomic mass is 10.1. The zero-order valence-electron chi connectivity index (χ0n) is 16.3. The Bertz CT molecular complexity index is 1330. The molecule has 7 nitrogen and oxygen atoms in total. The number of hydrogen-bond donors (Lipinski definition) is 1. The molecule has 0 fully saturated rings. The van der Waals surface area contributed by atoms with E-state index in [9.17, 15) is 9.59 Å². The van der Waals surface area contributed by atoms with Gasteiger partial charge in [-0.25, -0.2) is 4.98 Å². The summed E-state index contributed by atoms with van der Waals surface area (Å²) in [5.74, 6) is -0.0349. The van der Waals surface area contributed by atoms with Gasteiger partial charge >= 0.3 is 0 Å². The number of rotatable bonds is 4. The van der Waals surface area contributed by atoms with Gasteiger partial charge in [-0.05, 0) is 12.1 Å². The molecular weight excluding hydrogens is 390 g/mol. The van der Waals surface area contributed by atoms with Crippen LogP contribution in [0.2, 0.25) is 0 Å². The highest BCUT2D eigenvalue weighted by atomic mass is 16.1. The summed E-state index contributed by atoms with van der Waals surface area (Å²) in [4.78, 5) is 30.7. The average molecular weight is 407 g/mol. The van der Waals surface area contributed by atoms with E-state index in [1.807, 2.05) is 66.7 Å². The van der Waals surface area contributed by atoms with Crippen LogP contribution in [0.3, 0.4) is 0 Å². The molecule has 0 saturated heterocycles. The molecule has 1 aliphatic rings. The predicted octanol–water partition coefficient (Wildman–Crippen LogP) is 3.80. The molecule has 1 aliphatic heterocycles. The van der Waals surface area contributed by atoms with Crippen LogP contribution in [0.15, 0.2) is 107 Å². The molecule has 0 aliphatic carbocycles. The Balaban J connectivity index is 1.66. The van der Waals surface area contributed by atoms with Crippen LogP contribution in [-0.4, -0.2) is 21.3 Å². The van der Waals surface area contributed by atoms with Crippen molar-refractivity contribution in [3.8, 4) is 11.3 Å². The largest absolute Gasteiger partial charge is 0.285 e. The van der Waals surface area contributed by atoms with Crippen LogP contribution in [0.4, 0.5) is 11.6 Å². The van der Waals surface area contributed by atoms with Crippen LogP contribution < -0.4 is 16.0 Å². The van der Waals surface area contributed by atoms with Crippen molar-refractivity contribution in [2.24, 2.45) is 5.10 Å². The highest BCUT2D eigenvalue weighted by Gasteiger charge is 2.27. The minimum Gasteiger partial charge on any atom is -0.285 e. The van der Waals surface area contributed by atoms with E-state index in [1.165, 1.54) is 15.8 Å². The fourth-order valence-electron chi connectivity index (χ4n) is 3.31. The van der Waals surface area contributed by atoms with Gasteiger partial charge in [0.2, 0.25) is 11.6 Å². The summed E-state index contributed by atoms with van der Waals surface area (Å²) in [6.45, 7) is 0. The second-order valence-electron chi connectivity index (χ2n) is 6.88. The van der Waals surface area contributed by atoms with Crippen LogP contribution >= 0.6 is 0 Å². The molecule has 1 N–H and O–H groups in total. The summed E-state index contributed by atoms with van der Waals surface area (Å²) in [6, 6.07) is 28.9. The Hall–Kier alpha value is -4.52. The van der Waals surface area contributed by atoms with Crippen LogP contribution in [0.1, 0.15) is 10.4 Å². The number of anilines is 2. The van der Waals surface area contributed by atoms with E-state index in [1.54, 1.807) is 24.3 Å². The summed E-state index contributed by atoms with van der Waals surface area (Å²) in [7, 11) is 0. The van der Waals surface area contributed by atoms with Crippen molar-refractivity contribution in [3.63, 3.8) is 0 Å².